The molecule has 1 aromatic carbocycles. The summed E-state index contributed by atoms with van der Waals surface area (Å²) in [5, 5.41) is 4.03. The van der Waals surface area contributed by atoms with Crippen molar-refractivity contribution in [2.24, 2.45) is 4.99 Å². The molecule has 1 unspecified atom stereocenters. The summed E-state index contributed by atoms with van der Waals surface area (Å²) in [5.74, 6) is 1.18. The maximum Gasteiger partial charge on any atom is 0.309 e. The number of thioether (sulfide) groups is 1. The lowest BCUT2D eigenvalue weighted by Crippen LogP contribution is -2.34. The van der Waals surface area contributed by atoms with Gasteiger partial charge < -0.3 is 19.7 Å². The van der Waals surface area contributed by atoms with Crippen molar-refractivity contribution in [3.63, 3.8) is 0 Å². The SMILES string of the molecule is CCOC(=O)CCOc1cccc(NC(=O)CC2CSC(=NC3CCCCC3)N2C)c1.Cl. The van der Waals surface area contributed by atoms with E-state index in [2.05, 4.69) is 10.2 Å². The van der Waals surface area contributed by atoms with Crippen LogP contribution in [0.5, 0.6) is 5.75 Å². The Balaban J connectivity index is 0.00000363. The van der Waals surface area contributed by atoms with Crippen molar-refractivity contribution in [2.75, 3.05) is 31.3 Å². The fourth-order valence-corrected chi connectivity index (χ4v) is 5.07. The van der Waals surface area contributed by atoms with Gasteiger partial charge in [0.15, 0.2) is 5.17 Å². The highest BCUT2D eigenvalue weighted by atomic mass is 35.5. The van der Waals surface area contributed by atoms with Crippen LogP contribution in [0.25, 0.3) is 0 Å². The van der Waals surface area contributed by atoms with E-state index in [0.29, 0.717) is 30.5 Å². The van der Waals surface area contributed by atoms with Gasteiger partial charge in [0.25, 0.3) is 0 Å². The van der Waals surface area contributed by atoms with E-state index in [1.807, 2.05) is 19.2 Å². The number of halogens is 1. The third-order valence-electron chi connectivity index (χ3n) is 5.54. The summed E-state index contributed by atoms with van der Waals surface area (Å²) in [6, 6.07) is 7.82. The highest BCUT2D eigenvalue weighted by molar-refractivity contribution is 8.14. The molecule has 1 aliphatic carbocycles. The Bertz CT molecular complexity index is 786. The first-order valence-electron chi connectivity index (χ1n) is 11.2. The minimum Gasteiger partial charge on any atom is -0.493 e. The van der Waals surface area contributed by atoms with E-state index in [1.165, 1.54) is 32.1 Å². The van der Waals surface area contributed by atoms with E-state index in [4.69, 9.17) is 14.5 Å². The summed E-state index contributed by atoms with van der Waals surface area (Å²) < 4.78 is 10.5. The minimum absolute atomic E-state index is 0. The standard InChI is InChI=1S/C23H33N3O4S.ClH/c1-3-29-22(28)12-13-30-20-11-7-10-18(14-20)24-21(27)15-19-16-31-23(26(19)2)25-17-8-5-4-6-9-17;/h7,10-11,14,17,19H,3-6,8-9,12-13,15-16H2,1-2H3,(H,24,27);1H. The number of aliphatic imine (C=N–C) groups is 1. The van der Waals surface area contributed by atoms with Crippen LogP contribution < -0.4 is 10.1 Å². The average molecular weight is 484 g/mol. The molecule has 0 spiro atoms. The number of nitrogens with one attached hydrogen (secondary N) is 1. The van der Waals surface area contributed by atoms with E-state index in [9.17, 15) is 9.59 Å². The molecule has 7 nitrogen and oxygen atoms in total. The van der Waals surface area contributed by atoms with Gasteiger partial charge in [-0.2, -0.15) is 0 Å². The normalized spacial score (nSPS) is 20.0. The lowest BCUT2D eigenvalue weighted by Gasteiger charge is -2.23. The van der Waals surface area contributed by atoms with Crippen LogP contribution in [0.3, 0.4) is 0 Å². The molecule has 9 heteroatoms. The zero-order valence-electron chi connectivity index (χ0n) is 18.9. The molecular weight excluding hydrogens is 450 g/mol. The topological polar surface area (TPSA) is 80.2 Å². The van der Waals surface area contributed by atoms with E-state index in [-0.39, 0.29) is 43.4 Å². The van der Waals surface area contributed by atoms with Crippen LogP contribution in [0.4, 0.5) is 5.69 Å². The summed E-state index contributed by atoms with van der Waals surface area (Å²) in [7, 11) is 2.04. The summed E-state index contributed by atoms with van der Waals surface area (Å²) in [6.45, 7) is 2.38. The highest BCUT2D eigenvalue weighted by Crippen LogP contribution is 2.28. The number of rotatable bonds is 9. The van der Waals surface area contributed by atoms with Gasteiger partial charge in [0.1, 0.15) is 5.75 Å². The third-order valence-corrected chi connectivity index (χ3v) is 6.74. The van der Waals surface area contributed by atoms with Crippen LogP contribution in [0, 0.1) is 0 Å². The average Bonchev–Trinajstić information content (AvgIpc) is 3.08. The Labute approximate surface area is 201 Å². The fraction of sp³-hybridized carbons (Fsp3) is 0.609. The molecule has 1 saturated heterocycles. The van der Waals surface area contributed by atoms with Crippen LogP contribution in [-0.4, -0.2) is 60.0 Å². The molecule has 0 bridgehead atoms. The zero-order valence-corrected chi connectivity index (χ0v) is 20.5. The Morgan fingerprint density at radius 3 is 2.78 bits per heavy atom. The Kier molecular flexibility index (Phi) is 11.2. The molecule has 178 valence electrons. The molecule has 2 fully saturated rings. The molecule has 3 rings (SSSR count). The van der Waals surface area contributed by atoms with Gasteiger partial charge in [0.05, 0.1) is 25.7 Å². The lowest BCUT2D eigenvalue weighted by atomic mass is 9.96. The molecule has 1 aromatic rings. The highest BCUT2D eigenvalue weighted by Gasteiger charge is 2.30. The van der Waals surface area contributed by atoms with Crippen LogP contribution in [-0.2, 0) is 14.3 Å². The number of ether oxygens (including phenoxy) is 2. The quantitative estimate of drug-likeness (QED) is 0.521. The molecule has 2 aliphatic rings. The molecule has 1 amide bonds. The summed E-state index contributed by atoms with van der Waals surface area (Å²) in [5.41, 5.74) is 0.683. The van der Waals surface area contributed by atoms with Crippen molar-refractivity contribution < 1.29 is 19.1 Å². The number of anilines is 1. The van der Waals surface area contributed by atoms with Crippen molar-refractivity contribution in [3.05, 3.63) is 24.3 Å². The minimum atomic E-state index is -0.281. The number of hydrogen-bond donors (Lipinski definition) is 1. The number of benzene rings is 1. The number of esters is 1. The van der Waals surface area contributed by atoms with Crippen molar-refractivity contribution in [1.82, 2.24) is 4.90 Å². The van der Waals surface area contributed by atoms with Gasteiger partial charge in [0.2, 0.25) is 5.91 Å². The largest absolute Gasteiger partial charge is 0.493 e. The van der Waals surface area contributed by atoms with Gasteiger partial charge in [-0.1, -0.05) is 37.1 Å². The molecule has 1 atom stereocenters. The number of amidine groups is 1. The van der Waals surface area contributed by atoms with Gasteiger partial charge in [-0.15, -0.1) is 12.4 Å². The molecule has 1 N–H and O–H groups in total. The maximum atomic E-state index is 12.6. The smallest absolute Gasteiger partial charge is 0.309 e. The summed E-state index contributed by atoms with van der Waals surface area (Å²) >= 11 is 1.76. The van der Waals surface area contributed by atoms with Crippen LogP contribution in [0.15, 0.2) is 29.3 Å². The van der Waals surface area contributed by atoms with E-state index >= 15 is 0 Å². The Morgan fingerprint density at radius 1 is 1.25 bits per heavy atom. The first kappa shape index (κ1) is 26.3. The molecular formula is C23H34ClN3O4S. The van der Waals surface area contributed by atoms with Crippen LogP contribution in [0.2, 0.25) is 0 Å². The van der Waals surface area contributed by atoms with Crippen molar-refractivity contribution in [3.8, 4) is 5.75 Å². The maximum absolute atomic E-state index is 12.6. The fourth-order valence-electron chi connectivity index (χ4n) is 3.81. The molecule has 1 saturated carbocycles. The predicted octanol–water partition coefficient (Wildman–Crippen LogP) is 4.50. The third kappa shape index (κ3) is 8.20. The number of amides is 1. The second-order valence-corrected chi connectivity index (χ2v) is 8.95. The lowest BCUT2D eigenvalue weighted by molar-refractivity contribution is -0.143. The predicted molar refractivity (Wildman–Crippen MR) is 132 cm³/mol. The molecule has 0 aromatic heterocycles. The van der Waals surface area contributed by atoms with Crippen molar-refractivity contribution in [2.45, 2.75) is 64.0 Å². The molecule has 1 aliphatic heterocycles. The summed E-state index contributed by atoms with van der Waals surface area (Å²) in [4.78, 5) is 31.1. The monoisotopic (exact) mass is 483 g/mol. The van der Waals surface area contributed by atoms with Crippen molar-refractivity contribution in [1.29, 1.82) is 0 Å². The van der Waals surface area contributed by atoms with Gasteiger partial charge >= 0.3 is 5.97 Å². The molecule has 32 heavy (non-hydrogen) atoms. The van der Waals surface area contributed by atoms with E-state index < -0.39 is 0 Å². The first-order chi connectivity index (χ1) is 15.0. The molecule has 1 heterocycles. The number of carbonyl (C=O) groups excluding carboxylic acids is 2. The van der Waals surface area contributed by atoms with Gasteiger partial charge in [-0.05, 0) is 31.9 Å². The van der Waals surface area contributed by atoms with Gasteiger partial charge in [-0.3, -0.25) is 14.6 Å². The number of nitrogens with zero attached hydrogens (tertiary/aromatic N) is 2. The van der Waals surface area contributed by atoms with Crippen LogP contribution >= 0.6 is 24.2 Å². The van der Waals surface area contributed by atoms with Gasteiger partial charge in [0, 0.05) is 37.0 Å². The van der Waals surface area contributed by atoms with Crippen molar-refractivity contribution >= 4 is 46.9 Å². The van der Waals surface area contributed by atoms with Crippen LogP contribution in [0.1, 0.15) is 51.9 Å². The van der Waals surface area contributed by atoms with Gasteiger partial charge in [-0.25, -0.2) is 0 Å². The Morgan fingerprint density at radius 2 is 2.03 bits per heavy atom. The van der Waals surface area contributed by atoms with E-state index in [0.717, 1.165) is 10.9 Å². The number of carbonyl (C=O) groups is 2. The zero-order chi connectivity index (χ0) is 22.1. The summed E-state index contributed by atoms with van der Waals surface area (Å²) in [6.07, 6.45) is 6.84. The molecule has 0 radical (unpaired) electrons. The first-order valence-corrected chi connectivity index (χ1v) is 12.2. The van der Waals surface area contributed by atoms with E-state index in [1.54, 1.807) is 30.8 Å². The second-order valence-electron chi connectivity index (χ2n) is 7.96. The second kappa shape index (κ2) is 13.6. The number of hydrogen-bond acceptors (Lipinski definition) is 6. The Hall–Kier alpha value is -1.93.